The van der Waals surface area contributed by atoms with E-state index in [1.54, 1.807) is 6.07 Å². The molecule has 0 atom stereocenters. The van der Waals surface area contributed by atoms with Crippen LogP contribution in [0.15, 0.2) is 23.1 Å². The number of quaternary nitrogens is 1. The van der Waals surface area contributed by atoms with Crippen LogP contribution in [-0.2, 0) is 14.8 Å². The van der Waals surface area contributed by atoms with Crippen LogP contribution in [0.4, 0.5) is 5.69 Å². The maximum Gasteiger partial charge on any atom is 0.243 e. The summed E-state index contributed by atoms with van der Waals surface area (Å²) in [7, 11) is -2.10. The van der Waals surface area contributed by atoms with Crippen LogP contribution in [-0.4, -0.2) is 58.5 Å². The van der Waals surface area contributed by atoms with Crippen LogP contribution in [0.5, 0.6) is 5.75 Å². The third-order valence-electron chi connectivity index (χ3n) is 4.05. The zero-order valence-corrected chi connectivity index (χ0v) is 14.6. The van der Waals surface area contributed by atoms with Gasteiger partial charge in [0.1, 0.15) is 5.75 Å². The number of amides is 1. The van der Waals surface area contributed by atoms with E-state index in [2.05, 4.69) is 12.2 Å². The van der Waals surface area contributed by atoms with Gasteiger partial charge in [-0.05, 0) is 19.1 Å². The Bertz CT molecular complexity index is 667. The fraction of sp³-hybridized carbons (Fsp3) is 0.533. The Labute approximate surface area is 137 Å². The van der Waals surface area contributed by atoms with Crippen molar-refractivity contribution in [2.24, 2.45) is 0 Å². The molecule has 0 aliphatic carbocycles. The second-order valence-corrected chi connectivity index (χ2v) is 7.49. The van der Waals surface area contributed by atoms with Crippen molar-refractivity contribution < 1.29 is 22.8 Å². The van der Waals surface area contributed by atoms with Crippen molar-refractivity contribution in [3.05, 3.63) is 18.2 Å². The van der Waals surface area contributed by atoms with Gasteiger partial charge in [-0.2, -0.15) is 4.31 Å². The van der Waals surface area contributed by atoms with Crippen LogP contribution >= 0.6 is 0 Å². The second-order valence-electron chi connectivity index (χ2n) is 5.55. The van der Waals surface area contributed by atoms with E-state index in [4.69, 9.17) is 4.74 Å². The summed E-state index contributed by atoms with van der Waals surface area (Å²) < 4.78 is 32.2. The maximum atomic E-state index is 12.8. The first-order valence-electron chi connectivity index (χ1n) is 7.67. The number of sulfonamides is 1. The lowest BCUT2D eigenvalue weighted by Crippen LogP contribution is -3.14. The van der Waals surface area contributed by atoms with E-state index >= 15 is 0 Å². The van der Waals surface area contributed by atoms with E-state index in [0.717, 1.165) is 19.6 Å². The normalized spacial score (nSPS) is 17.0. The molecule has 1 fully saturated rings. The molecule has 1 aliphatic rings. The SMILES string of the molecule is CC[NH+]1CCN(S(=O)(=O)c2ccc(NC(C)=O)c(OC)c2)CC1. The molecule has 128 valence electrons. The average molecular weight is 342 g/mol. The number of benzene rings is 1. The minimum atomic E-state index is -3.54. The Hall–Kier alpha value is -1.64. The molecule has 0 unspecified atom stereocenters. The highest BCUT2D eigenvalue weighted by Gasteiger charge is 2.30. The molecule has 23 heavy (non-hydrogen) atoms. The van der Waals surface area contributed by atoms with Crippen molar-refractivity contribution in [1.29, 1.82) is 0 Å². The third-order valence-corrected chi connectivity index (χ3v) is 5.95. The summed E-state index contributed by atoms with van der Waals surface area (Å²) >= 11 is 0. The molecule has 1 amide bonds. The summed E-state index contributed by atoms with van der Waals surface area (Å²) in [5, 5.41) is 2.62. The average Bonchev–Trinajstić information content (AvgIpc) is 2.54. The summed E-state index contributed by atoms with van der Waals surface area (Å²) in [5.74, 6) is 0.0941. The van der Waals surface area contributed by atoms with E-state index in [-0.39, 0.29) is 10.8 Å². The highest BCUT2D eigenvalue weighted by atomic mass is 32.2. The molecule has 1 aromatic carbocycles. The maximum absolute atomic E-state index is 12.8. The van der Waals surface area contributed by atoms with E-state index < -0.39 is 10.0 Å². The second kappa shape index (κ2) is 7.29. The highest BCUT2D eigenvalue weighted by Crippen LogP contribution is 2.29. The smallest absolute Gasteiger partial charge is 0.243 e. The zero-order chi connectivity index (χ0) is 17.0. The van der Waals surface area contributed by atoms with Crippen molar-refractivity contribution >= 4 is 21.6 Å². The summed E-state index contributed by atoms with van der Waals surface area (Å²) in [6, 6.07) is 4.52. The summed E-state index contributed by atoms with van der Waals surface area (Å²) in [5.41, 5.74) is 0.458. The topological polar surface area (TPSA) is 80.2 Å². The van der Waals surface area contributed by atoms with Gasteiger partial charge in [-0.15, -0.1) is 0 Å². The first-order chi connectivity index (χ1) is 10.9. The Morgan fingerprint density at radius 2 is 2.00 bits per heavy atom. The Morgan fingerprint density at radius 1 is 1.35 bits per heavy atom. The fourth-order valence-corrected chi connectivity index (χ4v) is 4.13. The highest BCUT2D eigenvalue weighted by molar-refractivity contribution is 7.89. The first kappa shape index (κ1) is 17.7. The molecule has 2 rings (SSSR count). The number of carbonyl (C=O) groups is 1. The van der Waals surface area contributed by atoms with Gasteiger partial charge in [0.25, 0.3) is 0 Å². The van der Waals surface area contributed by atoms with Gasteiger partial charge in [0.2, 0.25) is 15.9 Å². The van der Waals surface area contributed by atoms with Gasteiger partial charge in [0.05, 0.1) is 50.4 Å². The number of nitrogens with one attached hydrogen (secondary N) is 2. The summed E-state index contributed by atoms with van der Waals surface area (Å²) in [6.45, 7) is 7.16. The lowest BCUT2D eigenvalue weighted by atomic mass is 10.3. The fourth-order valence-electron chi connectivity index (χ4n) is 2.67. The zero-order valence-electron chi connectivity index (χ0n) is 13.8. The summed E-state index contributed by atoms with van der Waals surface area (Å²) in [6.07, 6.45) is 0. The van der Waals surface area contributed by atoms with Gasteiger partial charge in [-0.3, -0.25) is 4.79 Å². The Kier molecular flexibility index (Phi) is 5.61. The Morgan fingerprint density at radius 3 is 2.52 bits per heavy atom. The van der Waals surface area contributed by atoms with Gasteiger partial charge in [-0.25, -0.2) is 8.42 Å². The van der Waals surface area contributed by atoms with Crippen LogP contribution in [0.1, 0.15) is 13.8 Å². The standard InChI is InChI=1S/C15H23N3O4S/c1-4-17-7-9-18(10-8-17)23(20,21)13-5-6-14(16-12(2)19)15(11-13)22-3/h5-6,11H,4,7-10H2,1-3H3,(H,16,19)/p+1. The van der Waals surface area contributed by atoms with Crippen LogP contribution in [0.2, 0.25) is 0 Å². The number of anilines is 1. The summed E-state index contributed by atoms with van der Waals surface area (Å²) in [4.78, 5) is 12.8. The molecule has 1 aromatic rings. The van der Waals surface area contributed by atoms with Gasteiger partial charge < -0.3 is 15.0 Å². The molecule has 0 bridgehead atoms. The number of likely N-dealkylation sites (N-methyl/N-ethyl adjacent to an activating group) is 1. The van der Waals surface area contributed by atoms with E-state index in [0.29, 0.717) is 24.5 Å². The van der Waals surface area contributed by atoms with Crippen molar-refractivity contribution in [1.82, 2.24) is 4.31 Å². The molecule has 0 aromatic heterocycles. The van der Waals surface area contributed by atoms with Crippen LogP contribution in [0, 0.1) is 0 Å². The molecule has 7 nitrogen and oxygen atoms in total. The number of hydrogen-bond donors (Lipinski definition) is 2. The first-order valence-corrected chi connectivity index (χ1v) is 9.11. The van der Waals surface area contributed by atoms with E-state index in [1.165, 1.54) is 35.4 Å². The lowest BCUT2D eigenvalue weighted by molar-refractivity contribution is -0.901. The molecule has 0 spiro atoms. The Balaban J connectivity index is 2.24. The lowest BCUT2D eigenvalue weighted by Gasteiger charge is -2.31. The monoisotopic (exact) mass is 342 g/mol. The quantitative estimate of drug-likeness (QED) is 0.760. The van der Waals surface area contributed by atoms with E-state index in [1.807, 2.05) is 0 Å². The largest absolute Gasteiger partial charge is 0.495 e. The van der Waals surface area contributed by atoms with Gasteiger partial charge in [-0.1, -0.05) is 0 Å². The molecule has 0 saturated carbocycles. The van der Waals surface area contributed by atoms with Crippen molar-refractivity contribution in [2.45, 2.75) is 18.7 Å². The molecule has 1 heterocycles. The number of ether oxygens (including phenoxy) is 1. The van der Waals surface area contributed by atoms with Crippen molar-refractivity contribution in [3.63, 3.8) is 0 Å². The molecule has 0 radical (unpaired) electrons. The molecular weight excluding hydrogens is 318 g/mol. The number of methoxy groups -OCH3 is 1. The predicted molar refractivity (Wildman–Crippen MR) is 87.3 cm³/mol. The number of hydrogen-bond acceptors (Lipinski definition) is 4. The van der Waals surface area contributed by atoms with Gasteiger partial charge in [0.15, 0.2) is 0 Å². The number of nitrogens with zero attached hydrogens (tertiary/aromatic N) is 1. The van der Waals surface area contributed by atoms with Gasteiger partial charge >= 0.3 is 0 Å². The number of piperazine rings is 1. The van der Waals surface area contributed by atoms with E-state index in [9.17, 15) is 13.2 Å². The predicted octanol–water partition coefficient (Wildman–Crippen LogP) is -0.437. The van der Waals surface area contributed by atoms with Gasteiger partial charge in [0, 0.05) is 13.0 Å². The number of rotatable bonds is 5. The van der Waals surface area contributed by atoms with Crippen LogP contribution in [0.25, 0.3) is 0 Å². The minimum Gasteiger partial charge on any atom is -0.495 e. The van der Waals surface area contributed by atoms with Crippen LogP contribution < -0.4 is 15.0 Å². The molecule has 1 saturated heterocycles. The minimum absolute atomic E-state index is 0.184. The molecule has 2 N–H and O–H groups in total. The van der Waals surface area contributed by atoms with Crippen molar-refractivity contribution in [3.8, 4) is 5.75 Å². The van der Waals surface area contributed by atoms with Crippen LogP contribution in [0.3, 0.4) is 0 Å². The molecule has 8 heteroatoms. The molecular formula is C15H24N3O4S+. The number of carbonyl (C=O) groups excluding carboxylic acids is 1. The molecule has 1 aliphatic heterocycles. The third kappa shape index (κ3) is 4.01. The van der Waals surface area contributed by atoms with Crippen molar-refractivity contribution in [2.75, 3.05) is 45.2 Å².